The highest BCUT2D eigenvalue weighted by Gasteiger charge is 2.11. The van der Waals surface area contributed by atoms with Gasteiger partial charge in [-0.15, -0.1) is 0 Å². The Hall–Kier alpha value is -2.24. The van der Waals surface area contributed by atoms with Gasteiger partial charge in [-0.2, -0.15) is 0 Å². The van der Waals surface area contributed by atoms with Crippen LogP contribution in [-0.2, 0) is 6.54 Å². The van der Waals surface area contributed by atoms with Gasteiger partial charge in [0.25, 0.3) is 5.56 Å². The molecule has 0 spiro atoms. The van der Waals surface area contributed by atoms with Gasteiger partial charge in [0.15, 0.2) is 0 Å². The molecular weight excluding hydrogens is 290 g/mol. The van der Waals surface area contributed by atoms with Crippen molar-refractivity contribution in [3.8, 4) is 0 Å². The summed E-state index contributed by atoms with van der Waals surface area (Å²) in [5, 5.41) is 11.3. The number of nitrogens with zero attached hydrogens (tertiary/aromatic N) is 3. The van der Waals surface area contributed by atoms with Crippen molar-refractivity contribution in [1.82, 2.24) is 14.5 Å². The molecule has 5 nitrogen and oxygen atoms in total. The molecule has 0 aliphatic rings. The van der Waals surface area contributed by atoms with Crippen molar-refractivity contribution in [3.63, 3.8) is 0 Å². The molecule has 1 N–H and O–H groups in total. The van der Waals surface area contributed by atoms with Gasteiger partial charge < -0.3 is 5.11 Å². The Balaban J connectivity index is 1.93. The highest BCUT2D eigenvalue weighted by atomic mass is 35.5. The molecule has 2 heterocycles. The molecule has 0 bridgehead atoms. The van der Waals surface area contributed by atoms with Gasteiger partial charge in [-0.25, -0.2) is 4.98 Å². The summed E-state index contributed by atoms with van der Waals surface area (Å²) in [5.41, 5.74) is 1.04. The molecule has 6 heteroatoms. The van der Waals surface area contributed by atoms with E-state index in [1.807, 2.05) is 0 Å². The topological polar surface area (TPSA) is 68.0 Å². The minimum atomic E-state index is -0.805. The van der Waals surface area contributed by atoms with E-state index in [1.165, 1.54) is 17.1 Å². The number of hydrogen-bond donors (Lipinski definition) is 1. The number of aromatic nitrogens is 3. The minimum absolute atomic E-state index is 0.131. The molecule has 0 fully saturated rings. The van der Waals surface area contributed by atoms with Gasteiger partial charge in [0.05, 0.1) is 36.1 Å². The Morgan fingerprint density at radius 1 is 1.24 bits per heavy atom. The average Bonchev–Trinajstić information content (AvgIpc) is 2.51. The number of hydrogen-bond acceptors (Lipinski definition) is 4. The number of benzene rings is 1. The second-order valence-corrected chi connectivity index (χ2v) is 5.10. The smallest absolute Gasteiger partial charge is 0.261 e. The molecule has 0 radical (unpaired) electrons. The summed E-state index contributed by atoms with van der Waals surface area (Å²) >= 11 is 5.81. The van der Waals surface area contributed by atoms with Crippen LogP contribution in [0.15, 0.2) is 53.8 Å². The van der Waals surface area contributed by atoms with Crippen molar-refractivity contribution < 1.29 is 5.11 Å². The zero-order chi connectivity index (χ0) is 14.8. The lowest BCUT2D eigenvalue weighted by Crippen LogP contribution is -2.23. The van der Waals surface area contributed by atoms with E-state index in [4.69, 9.17) is 11.6 Å². The molecule has 1 unspecified atom stereocenters. The average molecular weight is 302 g/mol. The molecule has 106 valence electrons. The summed E-state index contributed by atoms with van der Waals surface area (Å²) in [5.74, 6) is 0. The summed E-state index contributed by atoms with van der Waals surface area (Å²) in [7, 11) is 0. The van der Waals surface area contributed by atoms with Gasteiger partial charge in [-0.1, -0.05) is 23.7 Å². The number of rotatable bonds is 3. The number of pyridine rings is 1. The number of fused-ring (bicyclic) bond motifs is 1. The fraction of sp³-hybridized carbons (Fsp3) is 0.133. The predicted molar refractivity (Wildman–Crippen MR) is 80.2 cm³/mol. The Kier molecular flexibility index (Phi) is 3.68. The van der Waals surface area contributed by atoms with Crippen LogP contribution in [0.3, 0.4) is 0 Å². The van der Waals surface area contributed by atoms with Gasteiger partial charge in [-0.05, 0) is 23.8 Å². The molecule has 0 aliphatic carbocycles. The maximum atomic E-state index is 12.3. The molecule has 3 aromatic rings. The zero-order valence-corrected chi connectivity index (χ0v) is 11.7. The molecule has 0 aliphatic heterocycles. The first kappa shape index (κ1) is 13.7. The van der Waals surface area contributed by atoms with Crippen LogP contribution in [0.25, 0.3) is 10.9 Å². The van der Waals surface area contributed by atoms with Crippen molar-refractivity contribution in [2.45, 2.75) is 12.6 Å². The van der Waals surface area contributed by atoms with Gasteiger partial charge in [-0.3, -0.25) is 14.3 Å². The van der Waals surface area contributed by atoms with Crippen molar-refractivity contribution in [2.24, 2.45) is 0 Å². The lowest BCUT2D eigenvalue weighted by molar-refractivity contribution is 0.155. The Morgan fingerprint density at radius 2 is 2.00 bits per heavy atom. The summed E-state index contributed by atoms with van der Waals surface area (Å²) in [6.07, 6.45) is 3.70. The number of aliphatic hydroxyl groups excluding tert-OH is 1. The van der Waals surface area contributed by atoms with Crippen molar-refractivity contribution in [1.29, 1.82) is 0 Å². The fourth-order valence-corrected chi connectivity index (χ4v) is 2.24. The van der Waals surface area contributed by atoms with Gasteiger partial charge in [0.1, 0.15) is 0 Å². The lowest BCUT2D eigenvalue weighted by Gasteiger charge is -2.13. The second kappa shape index (κ2) is 5.63. The quantitative estimate of drug-likeness (QED) is 0.805. The monoisotopic (exact) mass is 301 g/mol. The van der Waals surface area contributed by atoms with E-state index in [0.717, 1.165) is 0 Å². The zero-order valence-electron chi connectivity index (χ0n) is 11.0. The third-order valence-corrected chi connectivity index (χ3v) is 3.50. The summed E-state index contributed by atoms with van der Waals surface area (Å²) in [6.45, 7) is 0.131. The standard InChI is InChI=1S/C15H12ClN3O2/c16-11-3-1-10(2-4-11)14(20)8-19-9-18-13-7-17-6-5-12(13)15(19)21/h1-7,9,14,20H,8H2. The lowest BCUT2D eigenvalue weighted by atomic mass is 10.1. The van der Waals surface area contributed by atoms with Gasteiger partial charge >= 0.3 is 0 Å². The Labute approximate surface area is 125 Å². The van der Waals surface area contributed by atoms with E-state index in [1.54, 1.807) is 36.5 Å². The van der Waals surface area contributed by atoms with Crippen LogP contribution in [-0.4, -0.2) is 19.6 Å². The van der Waals surface area contributed by atoms with Crippen molar-refractivity contribution in [3.05, 3.63) is 70.0 Å². The maximum absolute atomic E-state index is 12.3. The van der Waals surface area contributed by atoms with Crippen LogP contribution in [0.2, 0.25) is 5.02 Å². The minimum Gasteiger partial charge on any atom is -0.387 e. The first-order valence-corrected chi connectivity index (χ1v) is 6.75. The van der Waals surface area contributed by atoms with E-state index in [0.29, 0.717) is 21.5 Å². The molecular formula is C15H12ClN3O2. The largest absolute Gasteiger partial charge is 0.387 e. The summed E-state index contributed by atoms with van der Waals surface area (Å²) in [6, 6.07) is 8.49. The number of aliphatic hydroxyl groups is 1. The third kappa shape index (κ3) is 2.79. The first-order chi connectivity index (χ1) is 10.1. The first-order valence-electron chi connectivity index (χ1n) is 6.38. The van der Waals surface area contributed by atoms with Crippen LogP contribution in [0.5, 0.6) is 0 Å². The van der Waals surface area contributed by atoms with Gasteiger partial charge in [0.2, 0.25) is 0 Å². The van der Waals surface area contributed by atoms with Crippen LogP contribution in [0.4, 0.5) is 0 Å². The van der Waals surface area contributed by atoms with Gasteiger partial charge in [0, 0.05) is 11.2 Å². The van der Waals surface area contributed by atoms with E-state index < -0.39 is 6.10 Å². The molecule has 0 saturated carbocycles. The second-order valence-electron chi connectivity index (χ2n) is 4.66. The molecule has 0 saturated heterocycles. The highest BCUT2D eigenvalue weighted by molar-refractivity contribution is 6.30. The van der Waals surface area contributed by atoms with E-state index in [9.17, 15) is 9.90 Å². The van der Waals surface area contributed by atoms with Crippen molar-refractivity contribution in [2.75, 3.05) is 0 Å². The molecule has 2 aromatic heterocycles. The Bertz CT molecular complexity index is 830. The van der Waals surface area contributed by atoms with E-state index in [2.05, 4.69) is 9.97 Å². The molecule has 21 heavy (non-hydrogen) atoms. The normalized spacial score (nSPS) is 12.5. The third-order valence-electron chi connectivity index (χ3n) is 3.25. The Morgan fingerprint density at radius 3 is 2.76 bits per heavy atom. The summed E-state index contributed by atoms with van der Waals surface area (Å²) < 4.78 is 1.39. The molecule has 0 amide bonds. The number of halogens is 1. The van der Waals surface area contributed by atoms with Crippen LogP contribution in [0, 0.1) is 0 Å². The maximum Gasteiger partial charge on any atom is 0.261 e. The van der Waals surface area contributed by atoms with Crippen LogP contribution < -0.4 is 5.56 Å². The fourth-order valence-electron chi connectivity index (χ4n) is 2.12. The van der Waals surface area contributed by atoms with Crippen LogP contribution in [0.1, 0.15) is 11.7 Å². The highest BCUT2D eigenvalue weighted by Crippen LogP contribution is 2.17. The van der Waals surface area contributed by atoms with E-state index >= 15 is 0 Å². The van der Waals surface area contributed by atoms with Crippen LogP contribution >= 0.6 is 11.6 Å². The predicted octanol–water partition coefficient (Wildman–Crippen LogP) is 2.18. The van der Waals surface area contributed by atoms with E-state index in [-0.39, 0.29) is 12.1 Å². The summed E-state index contributed by atoms with van der Waals surface area (Å²) in [4.78, 5) is 20.4. The molecule has 1 atom stereocenters. The molecule has 3 rings (SSSR count). The molecule has 1 aromatic carbocycles. The van der Waals surface area contributed by atoms with Crippen molar-refractivity contribution >= 4 is 22.5 Å². The SMILES string of the molecule is O=c1c2ccncc2ncn1CC(O)c1ccc(Cl)cc1.